The molecule has 0 unspecified atom stereocenters. The number of nitrogens with zero attached hydrogens (tertiary/aromatic N) is 2. The highest BCUT2D eigenvalue weighted by Crippen LogP contribution is 2.31. The van der Waals surface area contributed by atoms with Crippen molar-refractivity contribution in [2.45, 2.75) is 6.61 Å². The van der Waals surface area contributed by atoms with Gasteiger partial charge in [-0.25, -0.2) is 9.69 Å². The number of hydrogen-bond acceptors (Lipinski definition) is 7. The molecule has 200 valence electrons. The number of hydrogen-bond donors (Lipinski definition) is 2. The van der Waals surface area contributed by atoms with Gasteiger partial charge in [-0.05, 0) is 86.7 Å². The Morgan fingerprint density at radius 3 is 2.51 bits per heavy atom. The lowest BCUT2D eigenvalue weighted by Gasteiger charge is -2.13. The third-order valence-corrected chi connectivity index (χ3v) is 7.08. The van der Waals surface area contributed by atoms with Gasteiger partial charge in [-0.1, -0.05) is 24.3 Å². The summed E-state index contributed by atoms with van der Waals surface area (Å²) in [6, 6.07) is 15.8. The molecule has 0 aromatic heterocycles. The Morgan fingerprint density at radius 1 is 1.10 bits per heavy atom. The Labute approximate surface area is 250 Å². The van der Waals surface area contributed by atoms with Gasteiger partial charge in [-0.3, -0.25) is 19.7 Å². The Hall–Kier alpha value is -3.73. The molecular formula is C26H20I2N4O7. The van der Waals surface area contributed by atoms with Gasteiger partial charge in [0.15, 0.2) is 0 Å². The molecule has 4 rings (SSSR count). The van der Waals surface area contributed by atoms with Crippen molar-refractivity contribution in [3.05, 3.63) is 94.7 Å². The number of non-ortho nitro benzene ring substituents is 1. The number of nitrogens with one attached hydrogen (secondary N) is 2. The Morgan fingerprint density at radius 2 is 1.82 bits per heavy atom. The largest absolute Gasteiger partial charge is 0.495 e. The van der Waals surface area contributed by atoms with E-state index in [9.17, 15) is 24.5 Å². The van der Waals surface area contributed by atoms with Gasteiger partial charge in [-0.15, -0.1) is 0 Å². The molecule has 0 atom stereocenters. The number of ether oxygens (including phenoxy) is 2. The minimum absolute atomic E-state index is 0.0166. The molecule has 0 aliphatic carbocycles. The lowest BCUT2D eigenvalue weighted by Crippen LogP contribution is -2.38. The SMILES string of the molecule is COc1ccccc1NC(=O)CN1C(=O)N/C(=C/c2cc(I)c(OCc3cccc([N+](=O)[O-])c3)c(I)c2)C1=O. The van der Waals surface area contributed by atoms with E-state index in [4.69, 9.17) is 9.47 Å². The van der Waals surface area contributed by atoms with Crippen LogP contribution in [-0.2, 0) is 16.2 Å². The van der Waals surface area contributed by atoms with Gasteiger partial charge >= 0.3 is 6.03 Å². The maximum absolute atomic E-state index is 12.9. The van der Waals surface area contributed by atoms with Crippen LogP contribution in [0.3, 0.4) is 0 Å². The molecular weight excluding hydrogens is 734 g/mol. The van der Waals surface area contributed by atoms with Crippen molar-refractivity contribution in [3.8, 4) is 11.5 Å². The van der Waals surface area contributed by atoms with Gasteiger partial charge < -0.3 is 20.1 Å². The fourth-order valence-corrected chi connectivity index (χ4v) is 5.81. The van der Waals surface area contributed by atoms with E-state index in [0.29, 0.717) is 28.3 Å². The molecule has 0 bridgehead atoms. The van der Waals surface area contributed by atoms with Crippen LogP contribution in [0.5, 0.6) is 11.5 Å². The van der Waals surface area contributed by atoms with E-state index in [0.717, 1.165) is 12.0 Å². The van der Waals surface area contributed by atoms with Gasteiger partial charge in [-0.2, -0.15) is 0 Å². The summed E-state index contributed by atoms with van der Waals surface area (Å²) < 4.78 is 12.6. The number of para-hydroxylation sites is 2. The smallest absolute Gasteiger partial charge is 0.329 e. The van der Waals surface area contributed by atoms with Crippen molar-refractivity contribution < 1.29 is 28.8 Å². The van der Waals surface area contributed by atoms with Crippen LogP contribution >= 0.6 is 45.2 Å². The molecule has 1 aliphatic heterocycles. The Balaban J connectivity index is 1.44. The van der Waals surface area contributed by atoms with Crippen molar-refractivity contribution in [2.75, 3.05) is 19.0 Å². The second-order valence-corrected chi connectivity index (χ2v) is 10.5. The number of imide groups is 1. The van der Waals surface area contributed by atoms with Crippen LogP contribution in [0, 0.1) is 17.3 Å². The predicted molar refractivity (Wildman–Crippen MR) is 159 cm³/mol. The number of nitro groups is 1. The molecule has 3 aromatic rings. The second-order valence-electron chi connectivity index (χ2n) is 8.16. The van der Waals surface area contributed by atoms with Gasteiger partial charge in [0.25, 0.3) is 11.6 Å². The number of carbonyl (C=O) groups excluding carboxylic acids is 3. The van der Waals surface area contributed by atoms with E-state index in [2.05, 4.69) is 55.8 Å². The van der Waals surface area contributed by atoms with Crippen LogP contribution in [-0.4, -0.2) is 41.3 Å². The van der Waals surface area contributed by atoms with E-state index in [1.807, 2.05) is 0 Å². The topological polar surface area (TPSA) is 140 Å². The molecule has 4 amide bonds. The number of benzene rings is 3. The normalized spacial score (nSPS) is 13.8. The van der Waals surface area contributed by atoms with Gasteiger partial charge in [0.2, 0.25) is 5.91 Å². The third-order valence-electron chi connectivity index (χ3n) is 5.48. The quantitative estimate of drug-likeness (QED) is 0.104. The van der Waals surface area contributed by atoms with Crippen molar-refractivity contribution in [3.63, 3.8) is 0 Å². The highest BCUT2D eigenvalue weighted by atomic mass is 127. The van der Waals surface area contributed by atoms with Crippen LogP contribution in [0.25, 0.3) is 6.08 Å². The molecule has 0 radical (unpaired) electrons. The number of methoxy groups -OCH3 is 1. The maximum atomic E-state index is 12.9. The van der Waals surface area contributed by atoms with Gasteiger partial charge in [0.05, 0.1) is 24.9 Å². The van der Waals surface area contributed by atoms with Crippen LogP contribution in [0.4, 0.5) is 16.2 Å². The fourth-order valence-electron chi connectivity index (χ4n) is 3.68. The minimum atomic E-state index is -0.706. The van der Waals surface area contributed by atoms with Gasteiger partial charge in [0, 0.05) is 12.1 Å². The summed E-state index contributed by atoms with van der Waals surface area (Å²) in [7, 11) is 1.47. The monoisotopic (exact) mass is 754 g/mol. The van der Waals surface area contributed by atoms with E-state index in [-0.39, 0.29) is 18.0 Å². The van der Waals surface area contributed by atoms with Crippen molar-refractivity contribution in [1.82, 2.24) is 10.2 Å². The highest BCUT2D eigenvalue weighted by Gasteiger charge is 2.35. The number of rotatable bonds is 9. The first-order valence-electron chi connectivity index (χ1n) is 11.3. The lowest BCUT2D eigenvalue weighted by atomic mass is 10.1. The fraction of sp³-hybridized carbons (Fsp3) is 0.115. The standard InChI is InChI=1S/C26H20I2N4O7/c1-38-22-8-3-2-7-20(22)29-23(33)13-31-25(34)21(30-26(31)35)12-16-10-18(27)24(19(28)11-16)39-14-15-5-4-6-17(9-15)32(36)37/h2-12H,13-14H2,1H3,(H,29,33)(H,30,35)/b21-12+. The van der Waals surface area contributed by atoms with Crippen molar-refractivity contribution >= 4 is 80.5 Å². The van der Waals surface area contributed by atoms with E-state index in [1.165, 1.54) is 25.3 Å². The average molecular weight is 754 g/mol. The number of carbonyl (C=O) groups is 3. The zero-order valence-electron chi connectivity index (χ0n) is 20.3. The zero-order valence-corrected chi connectivity index (χ0v) is 24.6. The number of urea groups is 1. The van der Waals surface area contributed by atoms with E-state index >= 15 is 0 Å². The lowest BCUT2D eigenvalue weighted by molar-refractivity contribution is -0.384. The first-order chi connectivity index (χ1) is 18.7. The minimum Gasteiger partial charge on any atom is -0.495 e. The first kappa shape index (κ1) is 28.3. The molecule has 1 heterocycles. The number of amides is 4. The van der Waals surface area contributed by atoms with Crippen molar-refractivity contribution in [2.24, 2.45) is 0 Å². The molecule has 2 N–H and O–H groups in total. The van der Waals surface area contributed by atoms with E-state index < -0.39 is 29.3 Å². The molecule has 11 nitrogen and oxygen atoms in total. The molecule has 3 aromatic carbocycles. The summed E-state index contributed by atoms with van der Waals surface area (Å²) in [5, 5.41) is 16.2. The molecule has 0 saturated carbocycles. The van der Waals surface area contributed by atoms with Crippen LogP contribution < -0.4 is 20.1 Å². The molecule has 0 spiro atoms. The van der Waals surface area contributed by atoms with Gasteiger partial charge in [0.1, 0.15) is 30.3 Å². The number of nitro benzene ring substituents is 1. The molecule has 1 aliphatic rings. The summed E-state index contributed by atoms with van der Waals surface area (Å²) in [5.74, 6) is -0.156. The highest BCUT2D eigenvalue weighted by molar-refractivity contribution is 14.1. The zero-order chi connectivity index (χ0) is 28.1. The number of halogens is 2. The summed E-state index contributed by atoms with van der Waals surface area (Å²) in [6.07, 6.45) is 1.52. The third kappa shape index (κ3) is 6.83. The van der Waals surface area contributed by atoms with Crippen LogP contribution in [0.15, 0.2) is 66.4 Å². The summed E-state index contributed by atoms with van der Waals surface area (Å²) >= 11 is 4.18. The van der Waals surface area contributed by atoms with Crippen LogP contribution in [0.1, 0.15) is 11.1 Å². The molecule has 39 heavy (non-hydrogen) atoms. The van der Waals surface area contributed by atoms with E-state index in [1.54, 1.807) is 48.5 Å². The van der Waals surface area contributed by atoms with Crippen molar-refractivity contribution in [1.29, 1.82) is 0 Å². The predicted octanol–water partition coefficient (Wildman–Crippen LogP) is 4.92. The Kier molecular flexibility index (Phi) is 9.01. The first-order valence-corrected chi connectivity index (χ1v) is 13.4. The average Bonchev–Trinajstić information content (AvgIpc) is 3.15. The molecule has 1 fully saturated rings. The molecule has 13 heteroatoms. The van der Waals surface area contributed by atoms with Crippen LogP contribution in [0.2, 0.25) is 0 Å². The maximum Gasteiger partial charge on any atom is 0.329 e. The summed E-state index contributed by atoms with van der Waals surface area (Å²) in [4.78, 5) is 49.2. The Bertz CT molecular complexity index is 1490. The molecule has 1 saturated heterocycles. The summed E-state index contributed by atoms with van der Waals surface area (Å²) in [5.41, 5.74) is 1.72. The second kappa shape index (κ2) is 12.4. The number of anilines is 1. The summed E-state index contributed by atoms with van der Waals surface area (Å²) in [6.45, 7) is -0.339.